The normalized spacial score (nSPS) is 20.2. The van der Waals surface area contributed by atoms with Crippen LogP contribution >= 0.6 is 0 Å². The van der Waals surface area contributed by atoms with Crippen LogP contribution in [0.4, 0.5) is 23.2 Å². The molecule has 1 aromatic carbocycles. The molecule has 3 nitrogen and oxygen atoms in total. The summed E-state index contributed by atoms with van der Waals surface area (Å²) in [6.45, 7) is -0.278. The molecule has 0 saturated carbocycles. The number of hydrogen-bond donors (Lipinski definition) is 1. The molecule has 0 bridgehead atoms. The minimum atomic E-state index is -1.98. The van der Waals surface area contributed by atoms with Crippen molar-refractivity contribution < 1.29 is 27.5 Å². The molecule has 1 fully saturated rings. The van der Waals surface area contributed by atoms with Crippen LogP contribution in [0.2, 0.25) is 0 Å². The zero-order valence-corrected chi connectivity index (χ0v) is 8.38. The topological polar surface area (TPSA) is 40.5 Å². The molecule has 1 aromatic rings. The fourth-order valence-electron chi connectivity index (χ4n) is 1.68. The van der Waals surface area contributed by atoms with Gasteiger partial charge in [-0.1, -0.05) is 0 Å². The van der Waals surface area contributed by atoms with Gasteiger partial charge in [-0.15, -0.1) is 0 Å². The van der Waals surface area contributed by atoms with Crippen molar-refractivity contribution >= 4 is 11.6 Å². The first kappa shape index (κ1) is 11.8. The van der Waals surface area contributed by atoms with Crippen LogP contribution in [0.15, 0.2) is 6.07 Å². The zero-order chi connectivity index (χ0) is 12.7. The molecule has 1 amide bonds. The number of aliphatic hydroxyl groups excluding tert-OH is 1. The van der Waals surface area contributed by atoms with Crippen molar-refractivity contribution in [1.29, 1.82) is 0 Å². The Hall–Kier alpha value is -1.63. The molecular weight excluding hydrogens is 242 g/mol. The van der Waals surface area contributed by atoms with E-state index < -0.39 is 41.0 Å². The van der Waals surface area contributed by atoms with Crippen molar-refractivity contribution in [3.63, 3.8) is 0 Å². The maximum absolute atomic E-state index is 13.3. The molecule has 0 spiro atoms. The van der Waals surface area contributed by atoms with E-state index in [0.29, 0.717) is 11.0 Å². The molecule has 1 unspecified atom stereocenters. The smallest absolute Gasteiger partial charge is 0.229 e. The lowest BCUT2D eigenvalue weighted by atomic mass is 10.2. The van der Waals surface area contributed by atoms with E-state index in [1.165, 1.54) is 0 Å². The van der Waals surface area contributed by atoms with Crippen molar-refractivity contribution in [1.82, 2.24) is 0 Å². The third-order valence-electron chi connectivity index (χ3n) is 2.48. The standard InChI is InChI=1S/C10H7F4NO2/c11-5-2-6(9(13)10(14)8(5)12)15-3-4(16)1-7(15)17/h2,4,16H,1,3H2. The van der Waals surface area contributed by atoms with Crippen LogP contribution in [0, 0.1) is 23.3 Å². The summed E-state index contributed by atoms with van der Waals surface area (Å²) in [6, 6.07) is 0.393. The van der Waals surface area contributed by atoms with E-state index in [1.807, 2.05) is 0 Å². The summed E-state index contributed by atoms with van der Waals surface area (Å²) < 4.78 is 51.9. The van der Waals surface area contributed by atoms with Crippen molar-refractivity contribution in [2.75, 3.05) is 11.4 Å². The van der Waals surface area contributed by atoms with E-state index in [2.05, 4.69) is 0 Å². The van der Waals surface area contributed by atoms with Crippen LogP contribution in [-0.2, 0) is 4.79 Å². The molecular formula is C10H7F4NO2. The van der Waals surface area contributed by atoms with E-state index in [4.69, 9.17) is 5.11 Å². The Kier molecular flexibility index (Phi) is 2.78. The predicted octanol–water partition coefficient (Wildman–Crippen LogP) is 1.34. The molecule has 1 N–H and O–H groups in total. The number of benzene rings is 1. The number of halogens is 4. The van der Waals surface area contributed by atoms with Gasteiger partial charge in [0.15, 0.2) is 23.3 Å². The molecule has 0 aliphatic carbocycles. The minimum Gasteiger partial charge on any atom is -0.391 e. The highest BCUT2D eigenvalue weighted by atomic mass is 19.2. The van der Waals surface area contributed by atoms with Gasteiger partial charge in [0.2, 0.25) is 5.91 Å². The van der Waals surface area contributed by atoms with E-state index >= 15 is 0 Å². The number of β-amino-alcohol motifs (C(OH)–C–C–N with tert-alkyl or cyclic N) is 1. The highest BCUT2D eigenvalue weighted by molar-refractivity contribution is 5.96. The molecule has 0 aromatic heterocycles. The van der Waals surface area contributed by atoms with Crippen LogP contribution in [0.1, 0.15) is 6.42 Å². The van der Waals surface area contributed by atoms with Gasteiger partial charge in [-0.3, -0.25) is 4.79 Å². The van der Waals surface area contributed by atoms with E-state index in [1.54, 1.807) is 0 Å². The number of amides is 1. The molecule has 1 saturated heterocycles. The van der Waals surface area contributed by atoms with Gasteiger partial charge in [-0.2, -0.15) is 0 Å². The van der Waals surface area contributed by atoms with Gasteiger partial charge in [-0.05, 0) is 0 Å². The summed E-state index contributed by atoms with van der Waals surface area (Å²) in [5.74, 6) is -7.83. The summed E-state index contributed by atoms with van der Waals surface area (Å²) in [7, 11) is 0. The van der Waals surface area contributed by atoms with Crippen molar-refractivity contribution in [2.45, 2.75) is 12.5 Å². The Balaban J connectivity index is 2.50. The third kappa shape index (κ3) is 1.86. The second kappa shape index (κ2) is 3.99. The van der Waals surface area contributed by atoms with Gasteiger partial charge in [0.05, 0.1) is 24.8 Å². The number of nitrogens with zero attached hydrogens (tertiary/aromatic N) is 1. The number of hydrogen-bond acceptors (Lipinski definition) is 2. The van der Waals surface area contributed by atoms with Gasteiger partial charge >= 0.3 is 0 Å². The van der Waals surface area contributed by atoms with Gasteiger partial charge in [0, 0.05) is 6.07 Å². The molecule has 92 valence electrons. The highest BCUT2D eigenvalue weighted by Gasteiger charge is 2.33. The maximum Gasteiger partial charge on any atom is 0.229 e. The fraction of sp³-hybridized carbons (Fsp3) is 0.300. The second-order valence-electron chi connectivity index (χ2n) is 3.68. The summed E-state index contributed by atoms with van der Waals surface area (Å²) >= 11 is 0. The zero-order valence-electron chi connectivity index (χ0n) is 8.38. The van der Waals surface area contributed by atoms with Crippen LogP contribution in [-0.4, -0.2) is 23.7 Å². The molecule has 1 aliphatic heterocycles. The summed E-state index contributed by atoms with van der Waals surface area (Å²) in [4.78, 5) is 12.0. The molecule has 1 atom stereocenters. The van der Waals surface area contributed by atoms with Crippen molar-refractivity contribution in [2.24, 2.45) is 0 Å². The molecule has 1 heterocycles. The first-order chi connectivity index (χ1) is 7.91. The summed E-state index contributed by atoms with van der Waals surface area (Å²) in [5, 5.41) is 9.17. The Morgan fingerprint density at radius 2 is 1.82 bits per heavy atom. The lowest BCUT2D eigenvalue weighted by molar-refractivity contribution is -0.117. The van der Waals surface area contributed by atoms with Crippen LogP contribution in [0.25, 0.3) is 0 Å². The molecule has 7 heteroatoms. The fourth-order valence-corrected chi connectivity index (χ4v) is 1.68. The summed E-state index contributed by atoms with van der Waals surface area (Å²) in [5.41, 5.74) is -0.706. The summed E-state index contributed by atoms with van der Waals surface area (Å²) in [6.07, 6.45) is -1.29. The number of anilines is 1. The predicted molar refractivity (Wildman–Crippen MR) is 49.3 cm³/mol. The van der Waals surface area contributed by atoms with Gasteiger partial charge < -0.3 is 10.0 Å². The Labute approximate surface area is 93.3 Å². The monoisotopic (exact) mass is 249 g/mol. The quantitative estimate of drug-likeness (QED) is 0.463. The lowest BCUT2D eigenvalue weighted by Crippen LogP contribution is -2.27. The third-order valence-corrected chi connectivity index (χ3v) is 2.48. The Bertz CT molecular complexity index is 492. The Morgan fingerprint density at radius 3 is 2.35 bits per heavy atom. The van der Waals surface area contributed by atoms with Gasteiger partial charge in [0.25, 0.3) is 0 Å². The molecule has 0 radical (unpaired) electrons. The van der Waals surface area contributed by atoms with Crippen LogP contribution in [0.3, 0.4) is 0 Å². The van der Waals surface area contributed by atoms with Crippen LogP contribution < -0.4 is 4.90 Å². The minimum absolute atomic E-state index is 0.264. The first-order valence-electron chi connectivity index (χ1n) is 4.73. The first-order valence-corrected chi connectivity index (χ1v) is 4.73. The molecule has 2 rings (SSSR count). The largest absolute Gasteiger partial charge is 0.391 e. The second-order valence-corrected chi connectivity index (χ2v) is 3.68. The van der Waals surface area contributed by atoms with E-state index in [0.717, 1.165) is 0 Å². The number of carbonyl (C=O) groups excluding carboxylic acids is 1. The number of aliphatic hydroxyl groups is 1. The highest BCUT2D eigenvalue weighted by Crippen LogP contribution is 2.29. The molecule has 17 heavy (non-hydrogen) atoms. The SMILES string of the molecule is O=C1CC(O)CN1c1cc(F)c(F)c(F)c1F. The van der Waals surface area contributed by atoms with E-state index in [-0.39, 0.29) is 13.0 Å². The Morgan fingerprint density at radius 1 is 1.18 bits per heavy atom. The van der Waals surface area contributed by atoms with E-state index in [9.17, 15) is 22.4 Å². The number of carbonyl (C=O) groups is 1. The van der Waals surface area contributed by atoms with Crippen molar-refractivity contribution in [3.05, 3.63) is 29.3 Å². The molecule has 1 aliphatic rings. The van der Waals surface area contributed by atoms with Crippen LogP contribution in [0.5, 0.6) is 0 Å². The average Bonchev–Trinajstić information content (AvgIpc) is 2.60. The maximum atomic E-state index is 13.3. The average molecular weight is 249 g/mol. The van der Waals surface area contributed by atoms with Crippen molar-refractivity contribution in [3.8, 4) is 0 Å². The number of rotatable bonds is 1. The van der Waals surface area contributed by atoms with Gasteiger partial charge in [0.1, 0.15) is 0 Å². The lowest BCUT2D eigenvalue weighted by Gasteiger charge is -2.17. The van der Waals surface area contributed by atoms with Gasteiger partial charge in [-0.25, -0.2) is 17.6 Å².